The van der Waals surface area contributed by atoms with Crippen LogP contribution in [0.3, 0.4) is 0 Å². The van der Waals surface area contributed by atoms with Gasteiger partial charge < -0.3 is 4.90 Å². The highest BCUT2D eigenvalue weighted by atomic mass is 35.5. The molecule has 0 aromatic heterocycles. The van der Waals surface area contributed by atoms with Gasteiger partial charge in [-0.15, -0.1) is 11.6 Å². The third kappa shape index (κ3) is 5.48. The SMILES string of the molecule is CC(C)CC(C)N(C)C(=O)CCCCl. The largest absolute Gasteiger partial charge is 0.343 e. The number of hydrogen-bond donors (Lipinski definition) is 0. The normalized spacial score (nSPS) is 13.0. The summed E-state index contributed by atoms with van der Waals surface area (Å²) in [5.41, 5.74) is 0. The van der Waals surface area contributed by atoms with Gasteiger partial charge in [0.25, 0.3) is 0 Å². The molecule has 0 heterocycles. The molecule has 1 atom stereocenters. The molecule has 0 spiro atoms. The highest BCUT2D eigenvalue weighted by Gasteiger charge is 2.15. The summed E-state index contributed by atoms with van der Waals surface area (Å²) in [7, 11) is 1.88. The zero-order valence-corrected chi connectivity index (χ0v) is 10.5. The van der Waals surface area contributed by atoms with Crippen LogP contribution in [0.5, 0.6) is 0 Å². The van der Waals surface area contributed by atoms with Crippen molar-refractivity contribution in [3.05, 3.63) is 0 Å². The summed E-state index contributed by atoms with van der Waals surface area (Å²) in [6.45, 7) is 6.44. The maximum atomic E-state index is 11.6. The van der Waals surface area contributed by atoms with E-state index < -0.39 is 0 Å². The van der Waals surface area contributed by atoms with Gasteiger partial charge in [-0.1, -0.05) is 13.8 Å². The van der Waals surface area contributed by atoms with Crippen LogP contribution < -0.4 is 0 Å². The van der Waals surface area contributed by atoms with Gasteiger partial charge in [-0.25, -0.2) is 0 Å². The molecule has 84 valence electrons. The second-order valence-electron chi connectivity index (χ2n) is 4.28. The minimum atomic E-state index is 0.207. The first-order valence-corrected chi connectivity index (χ1v) is 5.84. The van der Waals surface area contributed by atoms with E-state index in [9.17, 15) is 4.79 Å². The summed E-state index contributed by atoms with van der Waals surface area (Å²) in [4.78, 5) is 13.4. The Morgan fingerprint density at radius 1 is 1.36 bits per heavy atom. The maximum Gasteiger partial charge on any atom is 0.222 e. The predicted molar refractivity (Wildman–Crippen MR) is 61.6 cm³/mol. The van der Waals surface area contributed by atoms with Gasteiger partial charge in [0.15, 0.2) is 0 Å². The van der Waals surface area contributed by atoms with Gasteiger partial charge in [0.1, 0.15) is 0 Å². The molecule has 0 bridgehead atoms. The first kappa shape index (κ1) is 13.8. The second kappa shape index (κ2) is 7.10. The highest BCUT2D eigenvalue weighted by Crippen LogP contribution is 2.11. The van der Waals surface area contributed by atoms with Gasteiger partial charge in [-0.05, 0) is 25.7 Å². The molecule has 2 nitrogen and oxygen atoms in total. The van der Waals surface area contributed by atoms with Crippen LogP contribution in [0, 0.1) is 5.92 Å². The van der Waals surface area contributed by atoms with E-state index in [-0.39, 0.29) is 5.91 Å². The van der Waals surface area contributed by atoms with E-state index in [4.69, 9.17) is 11.6 Å². The molecule has 0 aromatic carbocycles. The summed E-state index contributed by atoms with van der Waals surface area (Å²) in [5, 5.41) is 0. The fraction of sp³-hybridized carbons (Fsp3) is 0.909. The molecular weight excluding hydrogens is 198 g/mol. The van der Waals surface area contributed by atoms with Gasteiger partial charge in [0.05, 0.1) is 0 Å². The number of rotatable bonds is 6. The Morgan fingerprint density at radius 2 is 1.93 bits per heavy atom. The lowest BCUT2D eigenvalue weighted by Crippen LogP contribution is -2.35. The van der Waals surface area contributed by atoms with Gasteiger partial charge in [0, 0.05) is 25.4 Å². The third-order valence-corrected chi connectivity index (χ3v) is 2.66. The number of alkyl halides is 1. The van der Waals surface area contributed by atoms with E-state index in [2.05, 4.69) is 20.8 Å². The third-order valence-electron chi connectivity index (χ3n) is 2.39. The van der Waals surface area contributed by atoms with Gasteiger partial charge >= 0.3 is 0 Å². The molecule has 0 fully saturated rings. The smallest absolute Gasteiger partial charge is 0.222 e. The van der Waals surface area contributed by atoms with Crippen molar-refractivity contribution in [1.82, 2.24) is 4.90 Å². The molecule has 0 aliphatic rings. The molecule has 1 amide bonds. The Hall–Kier alpha value is -0.240. The lowest BCUT2D eigenvalue weighted by atomic mass is 10.0. The molecule has 14 heavy (non-hydrogen) atoms. The molecule has 0 saturated carbocycles. The molecule has 0 radical (unpaired) electrons. The van der Waals surface area contributed by atoms with Gasteiger partial charge in [-0.3, -0.25) is 4.79 Å². The minimum Gasteiger partial charge on any atom is -0.343 e. The van der Waals surface area contributed by atoms with E-state index in [0.717, 1.165) is 12.8 Å². The van der Waals surface area contributed by atoms with Crippen LogP contribution in [-0.2, 0) is 4.79 Å². The van der Waals surface area contributed by atoms with Crippen LogP contribution in [0.4, 0.5) is 0 Å². The first-order valence-electron chi connectivity index (χ1n) is 5.30. The Morgan fingerprint density at radius 3 is 2.36 bits per heavy atom. The number of amides is 1. The molecule has 3 heteroatoms. The fourth-order valence-corrected chi connectivity index (χ4v) is 1.61. The van der Waals surface area contributed by atoms with Crippen molar-refractivity contribution in [3.8, 4) is 0 Å². The van der Waals surface area contributed by atoms with Gasteiger partial charge in [0.2, 0.25) is 5.91 Å². The predicted octanol–water partition coefficient (Wildman–Crippen LogP) is 2.90. The lowest BCUT2D eigenvalue weighted by Gasteiger charge is -2.26. The fourth-order valence-electron chi connectivity index (χ4n) is 1.48. The molecule has 0 rings (SSSR count). The van der Waals surface area contributed by atoms with E-state index >= 15 is 0 Å². The first-order chi connectivity index (χ1) is 6.49. The summed E-state index contributed by atoms with van der Waals surface area (Å²) >= 11 is 5.54. The number of nitrogens with zero attached hydrogens (tertiary/aromatic N) is 1. The van der Waals surface area contributed by atoms with Crippen molar-refractivity contribution in [2.24, 2.45) is 5.92 Å². The van der Waals surface area contributed by atoms with Crippen molar-refractivity contribution >= 4 is 17.5 Å². The summed E-state index contributed by atoms with van der Waals surface area (Å²) < 4.78 is 0. The number of hydrogen-bond acceptors (Lipinski definition) is 1. The van der Waals surface area contributed by atoms with E-state index in [1.165, 1.54) is 0 Å². The maximum absolute atomic E-state index is 11.6. The van der Waals surface area contributed by atoms with Crippen molar-refractivity contribution < 1.29 is 4.79 Å². The van der Waals surface area contributed by atoms with Crippen LogP contribution in [0.2, 0.25) is 0 Å². The van der Waals surface area contributed by atoms with E-state index in [1.54, 1.807) is 0 Å². The Labute approximate surface area is 92.6 Å². The molecule has 0 aliphatic heterocycles. The number of halogens is 1. The second-order valence-corrected chi connectivity index (χ2v) is 4.65. The molecule has 0 N–H and O–H groups in total. The zero-order valence-electron chi connectivity index (χ0n) is 9.72. The summed E-state index contributed by atoms with van der Waals surface area (Å²) in [5.74, 6) is 1.41. The molecule has 0 saturated heterocycles. The van der Waals surface area contributed by atoms with Crippen LogP contribution in [0.1, 0.15) is 40.0 Å². The van der Waals surface area contributed by atoms with Crippen LogP contribution in [-0.4, -0.2) is 29.8 Å². The molecular formula is C11H22ClNO. The Balaban J connectivity index is 3.90. The van der Waals surface area contributed by atoms with E-state index in [0.29, 0.717) is 24.3 Å². The zero-order chi connectivity index (χ0) is 11.1. The molecule has 0 aromatic rings. The molecule has 1 unspecified atom stereocenters. The average Bonchev–Trinajstić information content (AvgIpc) is 2.11. The monoisotopic (exact) mass is 219 g/mol. The van der Waals surface area contributed by atoms with Crippen molar-refractivity contribution in [2.75, 3.05) is 12.9 Å². The van der Waals surface area contributed by atoms with Crippen molar-refractivity contribution in [3.63, 3.8) is 0 Å². The standard InChI is InChI=1S/C11H22ClNO/c1-9(2)8-10(3)13(4)11(14)6-5-7-12/h9-10H,5-8H2,1-4H3. The summed E-state index contributed by atoms with van der Waals surface area (Å²) in [6.07, 6.45) is 2.41. The number of carbonyl (C=O) groups excluding carboxylic acids is 1. The average molecular weight is 220 g/mol. The van der Waals surface area contributed by atoms with Gasteiger partial charge in [-0.2, -0.15) is 0 Å². The Kier molecular flexibility index (Phi) is 6.98. The minimum absolute atomic E-state index is 0.207. The Bertz CT molecular complexity index is 171. The van der Waals surface area contributed by atoms with Crippen molar-refractivity contribution in [2.45, 2.75) is 46.1 Å². The van der Waals surface area contributed by atoms with Crippen LogP contribution in [0.15, 0.2) is 0 Å². The number of carbonyl (C=O) groups is 1. The quantitative estimate of drug-likeness (QED) is 0.630. The van der Waals surface area contributed by atoms with E-state index in [1.807, 2.05) is 11.9 Å². The topological polar surface area (TPSA) is 20.3 Å². The molecule has 0 aliphatic carbocycles. The lowest BCUT2D eigenvalue weighted by molar-refractivity contribution is -0.131. The van der Waals surface area contributed by atoms with Crippen LogP contribution in [0.25, 0.3) is 0 Å². The van der Waals surface area contributed by atoms with Crippen molar-refractivity contribution in [1.29, 1.82) is 0 Å². The summed E-state index contributed by atoms with van der Waals surface area (Å²) in [6, 6.07) is 0.331. The highest BCUT2D eigenvalue weighted by molar-refractivity contribution is 6.17. The van der Waals surface area contributed by atoms with Crippen LogP contribution >= 0.6 is 11.6 Å².